The molecule has 0 spiro atoms. The number of hydrogen-bond donors (Lipinski definition) is 2. The van der Waals surface area contributed by atoms with Crippen molar-refractivity contribution in [1.29, 1.82) is 0 Å². The molecule has 0 bridgehead atoms. The molecule has 4 rings (SSSR count). The molecule has 0 unspecified atom stereocenters. The Labute approximate surface area is 144 Å². The van der Waals surface area contributed by atoms with Gasteiger partial charge in [-0.3, -0.25) is 9.59 Å². The van der Waals surface area contributed by atoms with Gasteiger partial charge in [0.2, 0.25) is 5.91 Å². The zero-order chi connectivity index (χ0) is 17.2. The number of nitrogens with one attached hydrogen (secondary N) is 2. The molecular formula is C18H19N3O4. The summed E-state index contributed by atoms with van der Waals surface area (Å²) in [5.74, 6) is 0.527. The third-order valence-electron chi connectivity index (χ3n) is 4.58. The third kappa shape index (κ3) is 3.41. The van der Waals surface area contributed by atoms with Gasteiger partial charge < -0.3 is 19.8 Å². The predicted octanol–water partition coefficient (Wildman–Crippen LogP) is 2.71. The van der Waals surface area contributed by atoms with E-state index in [2.05, 4.69) is 15.6 Å². The third-order valence-corrected chi connectivity index (χ3v) is 4.58. The van der Waals surface area contributed by atoms with Gasteiger partial charge in [-0.25, -0.2) is 4.98 Å². The molecule has 2 aliphatic rings. The van der Waals surface area contributed by atoms with E-state index in [1.54, 1.807) is 12.1 Å². The summed E-state index contributed by atoms with van der Waals surface area (Å²) in [6.45, 7) is 1.39. The number of amides is 2. The summed E-state index contributed by atoms with van der Waals surface area (Å²) in [5, 5.41) is 5.66. The summed E-state index contributed by atoms with van der Waals surface area (Å²) in [6.07, 6.45) is 4.25. The Morgan fingerprint density at radius 1 is 1.24 bits per heavy atom. The quantitative estimate of drug-likeness (QED) is 0.895. The van der Waals surface area contributed by atoms with Crippen LogP contribution in [0.1, 0.15) is 47.1 Å². The number of fused-ring (bicyclic) bond motifs is 1. The zero-order valence-corrected chi connectivity index (χ0v) is 13.7. The first kappa shape index (κ1) is 15.8. The number of aromatic nitrogens is 1. The van der Waals surface area contributed by atoms with Crippen molar-refractivity contribution in [2.75, 3.05) is 23.8 Å². The zero-order valence-electron chi connectivity index (χ0n) is 13.7. The highest BCUT2D eigenvalue weighted by Crippen LogP contribution is 2.27. The fourth-order valence-corrected chi connectivity index (χ4v) is 3.18. The molecule has 2 aliphatic heterocycles. The molecule has 1 aromatic carbocycles. The van der Waals surface area contributed by atoms with Crippen molar-refractivity contribution < 1.29 is 18.7 Å². The molecule has 1 aromatic heterocycles. The van der Waals surface area contributed by atoms with E-state index in [0.717, 1.165) is 24.1 Å². The number of anilines is 2. The van der Waals surface area contributed by atoms with Gasteiger partial charge in [0.25, 0.3) is 5.91 Å². The molecule has 0 aliphatic carbocycles. The number of benzene rings is 1. The molecule has 2 aromatic rings. The minimum atomic E-state index is -0.304. The van der Waals surface area contributed by atoms with E-state index in [9.17, 15) is 9.59 Å². The molecule has 1 saturated heterocycles. The first-order chi connectivity index (χ1) is 12.2. The molecule has 0 atom stereocenters. The van der Waals surface area contributed by atoms with Crippen LogP contribution in [-0.4, -0.2) is 30.0 Å². The van der Waals surface area contributed by atoms with Gasteiger partial charge in [-0.05, 0) is 43.0 Å². The van der Waals surface area contributed by atoms with Crippen LogP contribution in [0.5, 0.6) is 0 Å². The summed E-state index contributed by atoms with van der Waals surface area (Å²) in [6, 6.07) is 5.45. The Morgan fingerprint density at radius 2 is 2.08 bits per heavy atom. The Balaban J connectivity index is 1.45. The van der Waals surface area contributed by atoms with Crippen LogP contribution in [0.2, 0.25) is 0 Å². The topological polar surface area (TPSA) is 93.5 Å². The SMILES string of the molecule is O=C1CCc2cc(NC(=O)c3coc(C4CCOCC4)n3)ccc2N1. The Morgan fingerprint density at radius 3 is 2.92 bits per heavy atom. The lowest BCUT2D eigenvalue weighted by molar-refractivity contribution is -0.116. The molecule has 0 radical (unpaired) electrons. The molecule has 1 fully saturated rings. The van der Waals surface area contributed by atoms with Gasteiger partial charge in [-0.15, -0.1) is 0 Å². The van der Waals surface area contributed by atoms with Gasteiger partial charge in [0.1, 0.15) is 6.26 Å². The van der Waals surface area contributed by atoms with E-state index in [1.807, 2.05) is 6.07 Å². The largest absolute Gasteiger partial charge is 0.448 e. The van der Waals surface area contributed by atoms with E-state index in [1.165, 1.54) is 6.26 Å². The first-order valence-corrected chi connectivity index (χ1v) is 8.46. The lowest BCUT2D eigenvalue weighted by Gasteiger charge is -2.18. The van der Waals surface area contributed by atoms with Gasteiger partial charge in [0.15, 0.2) is 11.6 Å². The van der Waals surface area contributed by atoms with Gasteiger partial charge in [-0.2, -0.15) is 0 Å². The summed E-state index contributed by atoms with van der Waals surface area (Å²) in [5.41, 5.74) is 2.76. The van der Waals surface area contributed by atoms with E-state index < -0.39 is 0 Å². The number of oxazole rings is 1. The van der Waals surface area contributed by atoms with Crippen LogP contribution in [0, 0.1) is 0 Å². The summed E-state index contributed by atoms with van der Waals surface area (Å²) in [4.78, 5) is 28.1. The van der Waals surface area contributed by atoms with Crippen molar-refractivity contribution in [3.63, 3.8) is 0 Å². The smallest absolute Gasteiger partial charge is 0.277 e. The molecule has 7 nitrogen and oxygen atoms in total. The Kier molecular flexibility index (Phi) is 4.23. The second-order valence-corrected chi connectivity index (χ2v) is 6.33. The lowest BCUT2D eigenvalue weighted by Crippen LogP contribution is -2.19. The molecule has 3 heterocycles. The van der Waals surface area contributed by atoms with Crippen LogP contribution >= 0.6 is 0 Å². The fourth-order valence-electron chi connectivity index (χ4n) is 3.18. The highest BCUT2D eigenvalue weighted by atomic mass is 16.5. The summed E-state index contributed by atoms with van der Waals surface area (Å²) in [7, 11) is 0. The average Bonchev–Trinajstić information content (AvgIpc) is 3.13. The number of ether oxygens (including phenoxy) is 1. The van der Waals surface area contributed by atoms with Crippen LogP contribution in [0.4, 0.5) is 11.4 Å². The lowest BCUT2D eigenvalue weighted by atomic mass is 10.0. The van der Waals surface area contributed by atoms with Crippen molar-refractivity contribution in [3.8, 4) is 0 Å². The molecule has 25 heavy (non-hydrogen) atoms. The number of carbonyl (C=O) groups excluding carboxylic acids is 2. The molecule has 2 N–H and O–H groups in total. The number of rotatable bonds is 3. The monoisotopic (exact) mass is 341 g/mol. The fraction of sp³-hybridized carbons (Fsp3) is 0.389. The number of nitrogens with zero attached hydrogens (tertiary/aromatic N) is 1. The normalized spacial score (nSPS) is 17.7. The van der Waals surface area contributed by atoms with Crippen LogP contribution in [0.15, 0.2) is 28.9 Å². The minimum Gasteiger partial charge on any atom is -0.448 e. The maximum Gasteiger partial charge on any atom is 0.277 e. The highest BCUT2D eigenvalue weighted by molar-refractivity contribution is 6.03. The van der Waals surface area contributed by atoms with Crippen molar-refractivity contribution in [2.24, 2.45) is 0 Å². The van der Waals surface area contributed by atoms with Crippen molar-refractivity contribution in [3.05, 3.63) is 41.6 Å². The van der Waals surface area contributed by atoms with Crippen molar-refractivity contribution in [2.45, 2.75) is 31.6 Å². The van der Waals surface area contributed by atoms with Crippen molar-refractivity contribution >= 4 is 23.2 Å². The maximum atomic E-state index is 12.4. The summed E-state index contributed by atoms with van der Waals surface area (Å²) < 4.78 is 10.8. The number of hydrogen-bond acceptors (Lipinski definition) is 5. The second kappa shape index (κ2) is 6.68. The molecular weight excluding hydrogens is 322 g/mol. The van der Waals surface area contributed by atoms with E-state index >= 15 is 0 Å². The van der Waals surface area contributed by atoms with E-state index in [4.69, 9.17) is 9.15 Å². The maximum absolute atomic E-state index is 12.4. The second-order valence-electron chi connectivity index (χ2n) is 6.33. The van der Waals surface area contributed by atoms with Crippen molar-refractivity contribution in [1.82, 2.24) is 4.98 Å². The Bertz CT molecular complexity index is 808. The van der Waals surface area contributed by atoms with Gasteiger partial charge in [0.05, 0.1) is 0 Å². The van der Waals surface area contributed by atoms with E-state index in [0.29, 0.717) is 37.6 Å². The van der Waals surface area contributed by atoms with Crippen LogP contribution in [0.25, 0.3) is 0 Å². The van der Waals surface area contributed by atoms with Crippen LogP contribution in [0.3, 0.4) is 0 Å². The molecule has 0 saturated carbocycles. The molecule has 7 heteroatoms. The number of carbonyl (C=O) groups is 2. The molecule has 2 amide bonds. The standard InChI is InChI=1S/C18H19N3O4/c22-16-4-1-12-9-13(2-3-14(12)20-16)19-17(23)15-10-25-18(21-15)11-5-7-24-8-6-11/h2-3,9-11H,1,4-8H2,(H,19,23)(H,20,22). The number of aryl methyl sites for hydroxylation is 1. The Hall–Kier alpha value is -2.67. The van der Waals surface area contributed by atoms with Crippen LogP contribution in [-0.2, 0) is 16.0 Å². The molecule has 130 valence electrons. The van der Waals surface area contributed by atoms with E-state index in [-0.39, 0.29) is 23.4 Å². The summed E-state index contributed by atoms with van der Waals surface area (Å²) >= 11 is 0. The highest BCUT2D eigenvalue weighted by Gasteiger charge is 2.23. The van der Waals surface area contributed by atoms with Gasteiger partial charge in [0, 0.05) is 36.9 Å². The van der Waals surface area contributed by atoms with Gasteiger partial charge >= 0.3 is 0 Å². The van der Waals surface area contributed by atoms with Crippen LogP contribution < -0.4 is 10.6 Å². The average molecular weight is 341 g/mol. The first-order valence-electron chi connectivity index (χ1n) is 8.46. The predicted molar refractivity (Wildman–Crippen MR) is 90.6 cm³/mol. The van der Waals surface area contributed by atoms with Gasteiger partial charge in [-0.1, -0.05) is 0 Å². The minimum absolute atomic E-state index is 0.0209.